The molecular weight excluding hydrogens is 357 g/mol. The molecule has 0 fully saturated rings. The number of fused-ring (bicyclic) bond motifs is 1. The molecule has 0 saturated carbocycles. The smallest absolute Gasteiger partial charge is 0.254 e. The molecule has 7 heteroatoms. The summed E-state index contributed by atoms with van der Waals surface area (Å²) < 4.78 is 20.4. The van der Waals surface area contributed by atoms with Crippen molar-refractivity contribution in [1.82, 2.24) is 19.6 Å². The Hall–Kier alpha value is -3.48. The molecule has 4 aromatic rings. The van der Waals surface area contributed by atoms with Gasteiger partial charge in [-0.05, 0) is 55.8 Å². The van der Waals surface area contributed by atoms with Gasteiger partial charge in [0.25, 0.3) is 5.78 Å². The van der Waals surface area contributed by atoms with E-state index in [1.165, 1.54) is 12.1 Å². The Morgan fingerprint density at radius 2 is 1.86 bits per heavy atom. The van der Waals surface area contributed by atoms with Crippen molar-refractivity contribution < 1.29 is 9.13 Å². The van der Waals surface area contributed by atoms with Crippen molar-refractivity contribution in [2.75, 3.05) is 12.4 Å². The summed E-state index contributed by atoms with van der Waals surface area (Å²) in [6.45, 7) is 3.93. The van der Waals surface area contributed by atoms with E-state index in [1.54, 1.807) is 17.7 Å². The van der Waals surface area contributed by atoms with Gasteiger partial charge in [0.15, 0.2) is 5.82 Å². The molecule has 0 saturated heterocycles. The molecule has 0 aliphatic carbocycles. The number of methoxy groups -OCH3 is 1. The van der Waals surface area contributed by atoms with Crippen molar-refractivity contribution >= 4 is 17.3 Å². The van der Waals surface area contributed by atoms with Gasteiger partial charge in [-0.1, -0.05) is 12.1 Å². The normalized spacial score (nSPS) is 11.0. The van der Waals surface area contributed by atoms with E-state index in [2.05, 4.69) is 20.4 Å². The summed E-state index contributed by atoms with van der Waals surface area (Å²) in [5.74, 6) is 2.40. The average molecular weight is 377 g/mol. The van der Waals surface area contributed by atoms with Gasteiger partial charge in [-0.15, -0.1) is 5.10 Å². The molecule has 0 radical (unpaired) electrons. The quantitative estimate of drug-likeness (QED) is 0.564. The number of rotatable bonds is 5. The van der Waals surface area contributed by atoms with Gasteiger partial charge in [-0.2, -0.15) is 9.50 Å². The number of nitrogens with one attached hydrogen (secondary N) is 1. The monoisotopic (exact) mass is 377 g/mol. The van der Waals surface area contributed by atoms with Gasteiger partial charge in [0.2, 0.25) is 0 Å². The van der Waals surface area contributed by atoms with Crippen LogP contribution in [0.5, 0.6) is 5.75 Å². The number of hydrogen-bond donors (Lipinski definition) is 1. The molecule has 0 bridgehead atoms. The number of aryl methyl sites for hydroxylation is 1. The highest BCUT2D eigenvalue weighted by Crippen LogP contribution is 2.24. The Morgan fingerprint density at radius 3 is 2.57 bits per heavy atom. The number of hydrogen-bond acceptors (Lipinski definition) is 5. The van der Waals surface area contributed by atoms with Crippen LogP contribution in [0.15, 0.2) is 48.5 Å². The number of halogens is 1. The Balaban J connectivity index is 1.72. The second-order valence-electron chi connectivity index (χ2n) is 6.57. The highest BCUT2D eigenvalue weighted by atomic mass is 19.1. The van der Waals surface area contributed by atoms with Gasteiger partial charge in [-0.3, -0.25) is 0 Å². The zero-order chi connectivity index (χ0) is 19.7. The summed E-state index contributed by atoms with van der Waals surface area (Å²) in [5, 5.41) is 8.00. The first-order valence-electron chi connectivity index (χ1n) is 8.92. The zero-order valence-electron chi connectivity index (χ0n) is 15.9. The Morgan fingerprint density at radius 1 is 1.07 bits per heavy atom. The second-order valence-corrected chi connectivity index (χ2v) is 6.57. The fraction of sp³-hybridized carbons (Fsp3) is 0.190. The van der Waals surface area contributed by atoms with Crippen molar-refractivity contribution in [1.29, 1.82) is 0 Å². The molecule has 28 heavy (non-hydrogen) atoms. The predicted octanol–water partition coefficient (Wildman–Crippen LogP) is 4.22. The van der Waals surface area contributed by atoms with Crippen LogP contribution >= 0.6 is 0 Å². The fourth-order valence-electron chi connectivity index (χ4n) is 2.99. The Bertz CT molecular complexity index is 1140. The third-order valence-electron chi connectivity index (χ3n) is 4.62. The lowest BCUT2D eigenvalue weighted by atomic mass is 10.1. The molecule has 0 aliphatic rings. The SMILES string of the molecule is COc1ccc(Nc2c(C)c(C)nc3nc(Cc4cccc(F)c4)nn23)cc1. The van der Waals surface area contributed by atoms with E-state index in [9.17, 15) is 4.39 Å². The number of anilines is 2. The van der Waals surface area contributed by atoms with Gasteiger partial charge >= 0.3 is 0 Å². The van der Waals surface area contributed by atoms with Crippen molar-refractivity contribution in [2.24, 2.45) is 0 Å². The molecule has 4 rings (SSSR count). The molecule has 0 amide bonds. The molecule has 6 nitrogen and oxygen atoms in total. The van der Waals surface area contributed by atoms with Gasteiger partial charge < -0.3 is 10.1 Å². The van der Waals surface area contributed by atoms with Crippen molar-refractivity contribution in [3.05, 3.63) is 77.0 Å². The van der Waals surface area contributed by atoms with Crippen molar-refractivity contribution in [3.8, 4) is 5.75 Å². The van der Waals surface area contributed by atoms with Crippen molar-refractivity contribution in [3.63, 3.8) is 0 Å². The van der Waals surface area contributed by atoms with Crippen LogP contribution in [0.2, 0.25) is 0 Å². The molecule has 2 aromatic carbocycles. The molecular formula is C21H20FN5O. The van der Waals surface area contributed by atoms with Crippen LogP contribution in [0.4, 0.5) is 15.9 Å². The molecule has 0 unspecified atom stereocenters. The standard InChI is InChI=1S/C21H20FN5O/c1-13-14(2)23-21-25-19(12-15-5-4-6-16(22)11-15)26-27(21)20(13)24-17-7-9-18(28-3)10-8-17/h4-11,24H,12H2,1-3H3. The highest BCUT2D eigenvalue weighted by Gasteiger charge is 2.14. The lowest BCUT2D eigenvalue weighted by molar-refractivity contribution is 0.415. The maximum absolute atomic E-state index is 13.5. The largest absolute Gasteiger partial charge is 0.497 e. The molecule has 0 atom stereocenters. The summed E-state index contributed by atoms with van der Waals surface area (Å²) >= 11 is 0. The lowest BCUT2D eigenvalue weighted by Crippen LogP contribution is -2.06. The molecule has 0 spiro atoms. The van der Waals surface area contributed by atoms with Crippen LogP contribution in [0, 0.1) is 19.7 Å². The van der Waals surface area contributed by atoms with Crippen LogP contribution in [-0.2, 0) is 6.42 Å². The van der Waals surface area contributed by atoms with E-state index in [-0.39, 0.29) is 5.82 Å². The fourth-order valence-corrected chi connectivity index (χ4v) is 2.99. The number of ether oxygens (including phenoxy) is 1. The summed E-state index contributed by atoms with van der Waals surface area (Å²) in [7, 11) is 1.64. The minimum absolute atomic E-state index is 0.270. The molecule has 2 aromatic heterocycles. The van der Waals surface area contributed by atoms with E-state index in [1.807, 2.05) is 44.2 Å². The van der Waals surface area contributed by atoms with E-state index in [0.717, 1.165) is 34.1 Å². The van der Waals surface area contributed by atoms with Crippen LogP contribution in [-0.4, -0.2) is 26.7 Å². The summed E-state index contributed by atoms with van der Waals surface area (Å²) in [6, 6.07) is 14.1. The lowest BCUT2D eigenvalue weighted by Gasteiger charge is -2.12. The first-order valence-corrected chi connectivity index (χ1v) is 8.92. The van der Waals surface area contributed by atoms with Crippen LogP contribution in [0.3, 0.4) is 0 Å². The number of benzene rings is 2. The van der Waals surface area contributed by atoms with Gasteiger partial charge in [0, 0.05) is 23.4 Å². The van der Waals surface area contributed by atoms with Crippen LogP contribution < -0.4 is 10.1 Å². The third kappa shape index (κ3) is 3.51. The molecule has 2 heterocycles. The first-order chi connectivity index (χ1) is 13.5. The summed E-state index contributed by atoms with van der Waals surface area (Å²) in [6.07, 6.45) is 0.432. The number of aromatic nitrogens is 4. The minimum Gasteiger partial charge on any atom is -0.497 e. The third-order valence-corrected chi connectivity index (χ3v) is 4.62. The number of nitrogens with zero attached hydrogens (tertiary/aromatic N) is 4. The molecule has 1 N–H and O–H groups in total. The molecule has 0 aliphatic heterocycles. The Labute approximate surface area is 162 Å². The van der Waals surface area contributed by atoms with Gasteiger partial charge in [-0.25, -0.2) is 9.37 Å². The van der Waals surface area contributed by atoms with E-state index in [0.29, 0.717) is 18.0 Å². The maximum Gasteiger partial charge on any atom is 0.254 e. The summed E-state index contributed by atoms with van der Waals surface area (Å²) in [5.41, 5.74) is 3.56. The highest BCUT2D eigenvalue weighted by molar-refractivity contribution is 5.63. The second kappa shape index (κ2) is 7.26. The van der Waals surface area contributed by atoms with Gasteiger partial charge in [0.1, 0.15) is 17.4 Å². The van der Waals surface area contributed by atoms with Crippen LogP contribution in [0.25, 0.3) is 5.78 Å². The maximum atomic E-state index is 13.5. The van der Waals surface area contributed by atoms with Crippen LogP contribution in [0.1, 0.15) is 22.6 Å². The topological polar surface area (TPSA) is 64.3 Å². The average Bonchev–Trinajstić information content (AvgIpc) is 3.07. The van der Waals surface area contributed by atoms with Gasteiger partial charge in [0.05, 0.1) is 7.11 Å². The van der Waals surface area contributed by atoms with E-state index in [4.69, 9.17) is 4.74 Å². The summed E-state index contributed by atoms with van der Waals surface area (Å²) in [4.78, 5) is 9.07. The first kappa shape index (κ1) is 17.9. The predicted molar refractivity (Wildman–Crippen MR) is 106 cm³/mol. The van der Waals surface area contributed by atoms with E-state index >= 15 is 0 Å². The van der Waals surface area contributed by atoms with Crippen molar-refractivity contribution in [2.45, 2.75) is 20.3 Å². The zero-order valence-corrected chi connectivity index (χ0v) is 15.9. The van der Waals surface area contributed by atoms with E-state index < -0.39 is 0 Å². The Kier molecular flexibility index (Phi) is 4.65. The molecule has 142 valence electrons. The minimum atomic E-state index is -0.270.